The number of carbonyl (C=O) groups excluding carboxylic acids is 1. The summed E-state index contributed by atoms with van der Waals surface area (Å²) in [6, 6.07) is 4.14. The van der Waals surface area contributed by atoms with Crippen molar-refractivity contribution in [3.8, 4) is 0 Å². The van der Waals surface area contributed by atoms with Crippen LogP contribution in [0.1, 0.15) is 37.8 Å². The first kappa shape index (κ1) is 20.9. The van der Waals surface area contributed by atoms with Crippen LogP contribution in [-0.2, 0) is 37.6 Å². The predicted octanol–water partition coefficient (Wildman–Crippen LogP) is 1.26. The molecule has 0 bridgehead atoms. The lowest BCUT2D eigenvalue weighted by Gasteiger charge is -2.40. The Labute approximate surface area is 155 Å². The molecule has 9 heteroatoms. The Morgan fingerprint density at radius 2 is 2.15 bits per heavy atom. The Balaban J connectivity index is 2.24. The summed E-state index contributed by atoms with van der Waals surface area (Å²) >= 11 is -2.45. The lowest BCUT2D eigenvalue weighted by Crippen LogP contribution is -2.53. The number of benzene rings is 1. The van der Waals surface area contributed by atoms with Crippen LogP contribution in [-0.4, -0.2) is 40.6 Å². The summed E-state index contributed by atoms with van der Waals surface area (Å²) < 4.78 is 48.3. The fourth-order valence-corrected chi connectivity index (χ4v) is 3.38. The van der Waals surface area contributed by atoms with Crippen LogP contribution in [0.25, 0.3) is 0 Å². The quantitative estimate of drug-likeness (QED) is 0.515. The molecule has 2 unspecified atom stereocenters. The molecule has 0 saturated carbocycles. The normalized spacial score (nSPS) is 18.9. The van der Waals surface area contributed by atoms with Crippen LogP contribution in [0.5, 0.6) is 0 Å². The molecule has 2 N–H and O–H groups in total. The van der Waals surface area contributed by atoms with Crippen LogP contribution in [0.3, 0.4) is 0 Å². The molecule has 146 valence electrons. The van der Waals surface area contributed by atoms with E-state index in [0.29, 0.717) is 38.2 Å². The second-order valence-electron chi connectivity index (χ2n) is 6.17. The molecule has 0 spiro atoms. The number of ether oxygens (including phenoxy) is 2. The van der Waals surface area contributed by atoms with Gasteiger partial charge in [0.1, 0.15) is 11.9 Å². The standard InChI is InChI=1S/C17H25FN2O5S/c1-3-25-16(21)12(2)20-17(6-8-24-9-7-17)14-5-4-13(15(18)10-14)11-19-26(22)23/h4-5,10,12,19-20H,3,6-9,11H2,1-2H3,(H,22,23)/p-1. The molecule has 0 amide bonds. The Kier molecular flexibility index (Phi) is 7.66. The van der Waals surface area contributed by atoms with Crippen LogP contribution in [0.4, 0.5) is 4.39 Å². The molecule has 1 aliphatic rings. The summed E-state index contributed by atoms with van der Waals surface area (Å²) in [5.74, 6) is -0.866. The highest BCUT2D eigenvalue weighted by Crippen LogP contribution is 2.33. The van der Waals surface area contributed by atoms with E-state index in [1.54, 1.807) is 26.0 Å². The number of esters is 1. The molecule has 1 heterocycles. The van der Waals surface area contributed by atoms with E-state index in [0.717, 1.165) is 0 Å². The molecule has 26 heavy (non-hydrogen) atoms. The molecule has 1 aromatic carbocycles. The van der Waals surface area contributed by atoms with E-state index in [1.807, 2.05) is 0 Å². The van der Waals surface area contributed by atoms with Crippen LogP contribution in [0, 0.1) is 5.82 Å². The topological polar surface area (TPSA) is 99.7 Å². The number of rotatable bonds is 8. The zero-order valence-electron chi connectivity index (χ0n) is 14.9. The maximum atomic E-state index is 14.5. The largest absolute Gasteiger partial charge is 0.760 e. The third-order valence-electron chi connectivity index (χ3n) is 4.47. The van der Waals surface area contributed by atoms with Crippen LogP contribution in [0.15, 0.2) is 18.2 Å². The molecule has 1 aromatic rings. The second kappa shape index (κ2) is 9.52. The van der Waals surface area contributed by atoms with Gasteiger partial charge < -0.3 is 14.0 Å². The average molecular weight is 387 g/mol. The van der Waals surface area contributed by atoms with E-state index in [4.69, 9.17) is 9.47 Å². The Morgan fingerprint density at radius 1 is 1.46 bits per heavy atom. The van der Waals surface area contributed by atoms with E-state index in [-0.39, 0.29) is 18.1 Å². The molecule has 2 rings (SSSR count). The number of hydrogen-bond donors (Lipinski definition) is 2. The molecule has 0 aliphatic carbocycles. The van der Waals surface area contributed by atoms with E-state index >= 15 is 0 Å². The molecule has 0 aromatic heterocycles. The number of hydrogen-bond acceptors (Lipinski definition) is 6. The van der Waals surface area contributed by atoms with Gasteiger partial charge in [-0.05, 0) is 38.3 Å². The zero-order valence-corrected chi connectivity index (χ0v) is 15.7. The zero-order chi connectivity index (χ0) is 19.2. The molecule has 1 fully saturated rings. The van der Waals surface area contributed by atoms with E-state index in [2.05, 4.69) is 10.0 Å². The summed E-state index contributed by atoms with van der Waals surface area (Å²) in [4.78, 5) is 12.0. The maximum Gasteiger partial charge on any atom is 0.322 e. The number of nitrogens with one attached hydrogen (secondary N) is 2. The van der Waals surface area contributed by atoms with Gasteiger partial charge in [0.25, 0.3) is 0 Å². The Hall–Kier alpha value is -1.39. The first-order chi connectivity index (χ1) is 12.4. The van der Waals surface area contributed by atoms with Crippen molar-refractivity contribution in [1.82, 2.24) is 10.0 Å². The van der Waals surface area contributed by atoms with Gasteiger partial charge in [0, 0.05) is 42.1 Å². The molecular formula is C17H24FN2O5S-. The van der Waals surface area contributed by atoms with Gasteiger partial charge in [-0.25, -0.2) is 9.11 Å². The average Bonchev–Trinajstić information content (AvgIpc) is 2.61. The van der Waals surface area contributed by atoms with Gasteiger partial charge in [-0.15, -0.1) is 0 Å². The van der Waals surface area contributed by atoms with E-state index in [1.165, 1.54) is 6.07 Å². The number of halogens is 1. The molecule has 7 nitrogen and oxygen atoms in total. The summed E-state index contributed by atoms with van der Waals surface area (Å²) in [6.45, 7) is 4.61. The Morgan fingerprint density at radius 3 is 2.73 bits per heavy atom. The van der Waals surface area contributed by atoms with Crippen molar-refractivity contribution in [2.75, 3.05) is 19.8 Å². The smallest absolute Gasteiger partial charge is 0.322 e. The van der Waals surface area contributed by atoms with Gasteiger partial charge in [-0.3, -0.25) is 14.3 Å². The second-order valence-corrected chi connectivity index (χ2v) is 6.93. The summed E-state index contributed by atoms with van der Waals surface area (Å²) in [5.41, 5.74) is 0.332. The minimum Gasteiger partial charge on any atom is -0.760 e. The molecule has 2 atom stereocenters. The van der Waals surface area contributed by atoms with Crippen molar-refractivity contribution in [2.45, 2.75) is 44.8 Å². The summed E-state index contributed by atoms with van der Waals surface area (Å²) in [6.07, 6.45) is 1.16. The van der Waals surface area contributed by atoms with Gasteiger partial charge in [0.05, 0.1) is 6.61 Å². The third kappa shape index (κ3) is 5.31. The molecular weight excluding hydrogens is 363 g/mol. The van der Waals surface area contributed by atoms with Crippen molar-refractivity contribution < 1.29 is 27.4 Å². The fraction of sp³-hybridized carbons (Fsp3) is 0.588. The summed E-state index contributed by atoms with van der Waals surface area (Å²) in [7, 11) is 0. The van der Waals surface area contributed by atoms with Crippen molar-refractivity contribution in [3.05, 3.63) is 35.1 Å². The van der Waals surface area contributed by atoms with Crippen LogP contribution in [0.2, 0.25) is 0 Å². The van der Waals surface area contributed by atoms with Crippen molar-refractivity contribution in [2.24, 2.45) is 0 Å². The van der Waals surface area contributed by atoms with Gasteiger partial charge in [-0.1, -0.05) is 12.1 Å². The maximum absolute atomic E-state index is 14.5. The van der Waals surface area contributed by atoms with Gasteiger partial charge in [-0.2, -0.15) is 0 Å². The fourth-order valence-electron chi connectivity index (χ4n) is 3.10. The first-order valence-corrected chi connectivity index (χ1v) is 9.59. The van der Waals surface area contributed by atoms with Gasteiger partial charge >= 0.3 is 5.97 Å². The predicted molar refractivity (Wildman–Crippen MR) is 93.1 cm³/mol. The van der Waals surface area contributed by atoms with Crippen molar-refractivity contribution in [3.63, 3.8) is 0 Å². The molecule has 1 saturated heterocycles. The van der Waals surface area contributed by atoms with Crippen LogP contribution < -0.4 is 10.0 Å². The molecule has 1 aliphatic heterocycles. The van der Waals surface area contributed by atoms with E-state index in [9.17, 15) is 17.9 Å². The molecule has 0 radical (unpaired) electrons. The van der Waals surface area contributed by atoms with Gasteiger partial charge in [0.15, 0.2) is 0 Å². The number of carbonyl (C=O) groups is 1. The third-order valence-corrected chi connectivity index (χ3v) is 4.85. The van der Waals surface area contributed by atoms with Crippen LogP contribution >= 0.6 is 0 Å². The summed E-state index contributed by atoms with van der Waals surface area (Å²) in [5, 5.41) is 3.29. The SMILES string of the molecule is CCOC(=O)C(C)NC1(c2ccc(CNS(=O)[O-])c(F)c2)CCOCC1. The van der Waals surface area contributed by atoms with Crippen molar-refractivity contribution in [1.29, 1.82) is 0 Å². The Bertz CT molecular complexity index is 652. The van der Waals surface area contributed by atoms with Gasteiger partial charge in [0.2, 0.25) is 0 Å². The highest BCUT2D eigenvalue weighted by molar-refractivity contribution is 7.77. The monoisotopic (exact) mass is 387 g/mol. The highest BCUT2D eigenvalue weighted by Gasteiger charge is 2.37. The first-order valence-electron chi connectivity index (χ1n) is 8.51. The lowest BCUT2D eigenvalue weighted by molar-refractivity contribution is -0.146. The van der Waals surface area contributed by atoms with Crippen molar-refractivity contribution >= 4 is 17.2 Å². The minimum atomic E-state index is -2.45. The minimum absolute atomic E-state index is 0.120. The lowest BCUT2D eigenvalue weighted by atomic mass is 9.81. The van der Waals surface area contributed by atoms with E-state index < -0.39 is 28.7 Å². The highest BCUT2D eigenvalue weighted by atomic mass is 32.2.